The van der Waals surface area contributed by atoms with E-state index in [0.717, 1.165) is 6.07 Å². The van der Waals surface area contributed by atoms with Crippen LogP contribution in [0.15, 0.2) is 18.2 Å². The molecule has 4 nitrogen and oxygen atoms in total. The number of aliphatic hydroxyl groups is 1. The van der Waals surface area contributed by atoms with E-state index in [-0.39, 0.29) is 40.5 Å². The zero-order chi connectivity index (χ0) is 12.8. The Balaban J connectivity index is 2.58. The predicted molar refractivity (Wildman–Crippen MR) is 67.7 cm³/mol. The SMILES string of the molecule is CC(CCO)SCC(=O)c1ccc(O)cc1O. The zero-order valence-electron chi connectivity index (χ0n) is 9.59. The van der Waals surface area contributed by atoms with E-state index in [9.17, 15) is 9.90 Å². The van der Waals surface area contributed by atoms with Crippen molar-refractivity contribution in [3.8, 4) is 11.5 Å². The highest BCUT2D eigenvalue weighted by atomic mass is 32.2. The number of hydrogen-bond donors (Lipinski definition) is 3. The van der Waals surface area contributed by atoms with Gasteiger partial charge in [-0.15, -0.1) is 0 Å². The largest absolute Gasteiger partial charge is 0.508 e. The molecule has 0 aliphatic rings. The number of carbonyl (C=O) groups is 1. The molecule has 0 saturated heterocycles. The first-order valence-electron chi connectivity index (χ1n) is 5.32. The number of rotatable bonds is 6. The van der Waals surface area contributed by atoms with E-state index in [1.807, 2.05) is 6.92 Å². The summed E-state index contributed by atoms with van der Waals surface area (Å²) < 4.78 is 0. The third-order valence-corrected chi connectivity index (χ3v) is 3.55. The van der Waals surface area contributed by atoms with Crippen molar-refractivity contribution in [2.45, 2.75) is 18.6 Å². The quantitative estimate of drug-likeness (QED) is 0.676. The van der Waals surface area contributed by atoms with Gasteiger partial charge in [0.1, 0.15) is 11.5 Å². The molecule has 3 N–H and O–H groups in total. The van der Waals surface area contributed by atoms with Crippen LogP contribution in [0, 0.1) is 0 Å². The summed E-state index contributed by atoms with van der Waals surface area (Å²) in [7, 11) is 0. The normalized spacial score (nSPS) is 12.4. The van der Waals surface area contributed by atoms with Crippen LogP contribution in [0.3, 0.4) is 0 Å². The van der Waals surface area contributed by atoms with Gasteiger partial charge in [0, 0.05) is 17.9 Å². The first-order chi connectivity index (χ1) is 8.04. The van der Waals surface area contributed by atoms with Gasteiger partial charge < -0.3 is 15.3 Å². The highest BCUT2D eigenvalue weighted by Gasteiger charge is 2.13. The minimum absolute atomic E-state index is 0.0691. The second-order valence-electron chi connectivity index (χ2n) is 3.76. The number of phenols is 2. The Labute approximate surface area is 104 Å². The Morgan fingerprint density at radius 3 is 2.71 bits per heavy atom. The second-order valence-corrected chi connectivity index (χ2v) is 5.19. The fourth-order valence-electron chi connectivity index (χ4n) is 1.32. The van der Waals surface area contributed by atoms with Crippen molar-refractivity contribution in [3.63, 3.8) is 0 Å². The molecule has 0 spiro atoms. The van der Waals surface area contributed by atoms with Gasteiger partial charge in [0.05, 0.1) is 11.3 Å². The maximum Gasteiger partial charge on any atom is 0.176 e. The molecule has 0 aromatic heterocycles. The number of phenolic OH excluding ortho intramolecular Hbond substituents is 2. The Bertz CT molecular complexity index is 392. The van der Waals surface area contributed by atoms with Crippen molar-refractivity contribution in [1.82, 2.24) is 0 Å². The Hall–Kier alpha value is -1.20. The Kier molecular flexibility index (Phi) is 5.31. The van der Waals surface area contributed by atoms with Crippen LogP contribution >= 0.6 is 11.8 Å². The summed E-state index contributed by atoms with van der Waals surface area (Å²) >= 11 is 1.43. The molecule has 1 rings (SSSR count). The lowest BCUT2D eigenvalue weighted by molar-refractivity contribution is 0.102. The molecule has 1 aromatic rings. The molecule has 0 heterocycles. The number of ketones is 1. The van der Waals surface area contributed by atoms with Crippen LogP contribution in [0.2, 0.25) is 0 Å². The molecule has 0 saturated carbocycles. The topological polar surface area (TPSA) is 77.8 Å². The van der Waals surface area contributed by atoms with Gasteiger partial charge in [-0.3, -0.25) is 4.79 Å². The lowest BCUT2D eigenvalue weighted by atomic mass is 10.1. The first kappa shape index (κ1) is 13.9. The molecule has 0 bridgehead atoms. The van der Waals surface area contributed by atoms with Crippen LogP contribution in [0.1, 0.15) is 23.7 Å². The average molecular weight is 256 g/mol. The number of benzene rings is 1. The third kappa shape index (κ3) is 4.28. The summed E-state index contributed by atoms with van der Waals surface area (Å²) in [5.41, 5.74) is 0.214. The number of carbonyl (C=O) groups excluding carboxylic acids is 1. The minimum atomic E-state index is -0.203. The van der Waals surface area contributed by atoms with Gasteiger partial charge in [-0.25, -0.2) is 0 Å². The maximum atomic E-state index is 11.8. The summed E-state index contributed by atoms with van der Waals surface area (Å²) in [6.07, 6.45) is 0.638. The molecule has 0 aliphatic heterocycles. The molecule has 1 aromatic carbocycles. The molecule has 1 unspecified atom stereocenters. The summed E-state index contributed by atoms with van der Waals surface area (Å²) in [5, 5.41) is 27.5. The van der Waals surface area contributed by atoms with Gasteiger partial charge in [-0.05, 0) is 18.6 Å². The van der Waals surface area contributed by atoms with E-state index < -0.39 is 0 Å². The van der Waals surface area contributed by atoms with Crippen molar-refractivity contribution in [2.75, 3.05) is 12.4 Å². The second kappa shape index (κ2) is 6.51. The summed E-state index contributed by atoms with van der Waals surface area (Å²) in [5.74, 6) is -0.206. The average Bonchev–Trinajstić information content (AvgIpc) is 2.26. The van der Waals surface area contributed by atoms with Gasteiger partial charge in [-0.1, -0.05) is 6.92 Å². The van der Waals surface area contributed by atoms with E-state index in [4.69, 9.17) is 10.2 Å². The van der Waals surface area contributed by atoms with Gasteiger partial charge >= 0.3 is 0 Å². The molecule has 17 heavy (non-hydrogen) atoms. The van der Waals surface area contributed by atoms with E-state index in [1.54, 1.807) is 0 Å². The number of Topliss-reactive ketones (excluding diaryl/α,β-unsaturated/α-hetero) is 1. The summed E-state index contributed by atoms with van der Waals surface area (Å²) in [6, 6.07) is 3.92. The van der Waals surface area contributed by atoms with Crippen LogP contribution in [0.4, 0.5) is 0 Å². The van der Waals surface area contributed by atoms with Crippen LogP contribution in [0.25, 0.3) is 0 Å². The summed E-state index contributed by atoms with van der Waals surface area (Å²) in [4.78, 5) is 11.8. The Morgan fingerprint density at radius 2 is 2.12 bits per heavy atom. The predicted octanol–water partition coefficient (Wildman–Crippen LogP) is 1.78. The fraction of sp³-hybridized carbons (Fsp3) is 0.417. The van der Waals surface area contributed by atoms with Gasteiger partial charge in [0.2, 0.25) is 0 Å². The highest BCUT2D eigenvalue weighted by Crippen LogP contribution is 2.25. The number of aliphatic hydroxyl groups excluding tert-OH is 1. The third-order valence-electron chi connectivity index (χ3n) is 2.32. The van der Waals surface area contributed by atoms with Crippen molar-refractivity contribution < 1.29 is 20.1 Å². The molecule has 0 fully saturated rings. The molecule has 0 aliphatic carbocycles. The first-order valence-corrected chi connectivity index (χ1v) is 6.37. The molecule has 5 heteroatoms. The van der Waals surface area contributed by atoms with E-state index in [1.165, 1.54) is 23.9 Å². The lowest BCUT2D eigenvalue weighted by Gasteiger charge is -2.09. The summed E-state index contributed by atoms with van der Waals surface area (Å²) in [6.45, 7) is 2.04. The van der Waals surface area contributed by atoms with Crippen molar-refractivity contribution in [3.05, 3.63) is 23.8 Å². The number of hydrogen-bond acceptors (Lipinski definition) is 5. The van der Waals surface area contributed by atoms with E-state index in [0.29, 0.717) is 6.42 Å². The highest BCUT2D eigenvalue weighted by molar-refractivity contribution is 8.00. The van der Waals surface area contributed by atoms with Crippen molar-refractivity contribution in [1.29, 1.82) is 0 Å². The van der Waals surface area contributed by atoms with E-state index in [2.05, 4.69) is 0 Å². The zero-order valence-corrected chi connectivity index (χ0v) is 10.4. The smallest absolute Gasteiger partial charge is 0.176 e. The number of aromatic hydroxyl groups is 2. The van der Waals surface area contributed by atoms with Crippen molar-refractivity contribution >= 4 is 17.5 Å². The van der Waals surface area contributed by atoms with Gasteiger partial charge in [0.15, 0.2) is 5.78 Å². The lowest BCUT2D eigenvalue weighted by Crippen LogP contribution is -2.08. The standard InChI is InChI=1S/C12H16O4S/c1-8(4-5-13)17-7-12(16)10-3-2-9(14)6-11(10)15/h2-3,6,8,13-15H,4-5,7H2,1H3. The molecule has 1 atom stereocenters. The monoisotopic (exact) mass is 256 g/mol. The van der Waals surface area contributed by atoms with Crippen LogP contribution < -0.4 is 0 Å². The molecular formula is C12H16O4S. The number of thioether (sulfide) groups is 1. The molecule has 0 radical (unpaired) electrons. The molecule has 94 valence electrons. The molecule has 0 amide bonds. The van der Waals surface area contributed by atoms with Gasteiger partial charge in [0.25, 0.3) is 0 Å². The fourth-order valence-corrected chi connectivity index (χ4v) is 2.18. The Morgan fingerprint density at radius 1 is 1.41 bits per heavy atom. The molecular weight excluding hydrogens is 240 g/mol. The van der Waals surface area contributed by atoms with Crippen LogP contribution in [0.5, 0.6) is 11.5 Å². The van der Waals surface area contributed by atoms with Crippen LogP contribution in [-0.2, 0) is 0 Å². The van der Waals surface area contributed by atoms with Gasteiger partial charge in [-0.2, -0.15) is 11.8 Å². The minimum Gasteiger partial charge on any atom is -0.508 e. The van der Waals surface area contributed by atoms with Crippen LogP contribution in [-0.4, -0.2) is 38.7 Å². The maximum absolute atomic E-state index is 11.8. The van der Waals surface area contributed by atoms with E-state index >= 15 is 0 Å². The van der Waals surface area contributed by atoms with Crippen molar-refractivity contribution in [2.24, 2.45) is 0 Å².